The molecule has 3 heterocycles. The molecule has 0 saturated heterocycles. The maximum absolute atomic E-state index is 12.5. The maximum Gasteiger partial charge on any atom is 0.410 e. The van der Waals surface area contributed by atoms with Gasteiger partial charge in [0.05, 0.1) is 17.5 Å². The van der Waals surface area contributed by atoms with E-state index in [-0.39, 0.29) is 23.5 Å². The Balaban J connectivity index is 1.51. The maximum atomic E-state index is 12.5. The number of halogens is 1. The zero-order valence-corrected chi connectivity index (χ0v) is 22.4. The van der Waals surface area contributed by atoms with Gasteiger partial charge in [0.15, 0.2) is 5.82 Å². The van der Waals surface area contributed by atoms with Gasteiger partial charge in [-0.25, -0.2) is 28.2 Å². The highest BCUT2D eigenvalue weighted by Crippen LogP contribution is 2.27. The molecule has 1 amide bonds. The van der Waals surface area contributed by atoms with Gasteiger partial charge in [-0.1, -0.05) is 35.9 Å². The molecule has 0 bridgehead atoms. The number of carbonyl (C=O) groups excluding carboxylic acids is 1. The third kappa shape index (κ3) is 7.30. The molecule has 0 spiro atoms. The van der Waals surface area contributed by atoms with Crippen LogP contribution in [0.4, 0.5) is 16.3 Å². The molecule has 196 valence electrons. The van der Waals surface area contributed by atoms with Crippen molar-refractivity contribution in [2.24, 2.45) is 0 Å². The number of sulfonamides is 1. The topological polar surface area (TPSA) is 126 Å². The van der Waals surface area contributed by atoms with Crippen molar-refractivity contribution in [1.82, 2.24) is 19.9 Å². The second-order valence-electron chi connectivity index (χ2n) is 9.54. The van der Waals surface area contributed by atoms with Crippen LogP contribution in [0.1, 0.15) is 33.0 Å². The fraction of sp³-hybridized carbons (Fsp3) is 0.360. The van der Waals surface area contributed by atoms with Crippen molar-refractivity contribution in [1.29, 1.82) is 0 Å². The number of fused-ring (bicyclic) bond motifs is 1. The smallest absolute Gasteiger partial charge is 0.410 e. The lowest BCUT2D eigenvalue weighted by Gasteiger charge is -2.29. The van der Waals surface area contributed by atoms with E-state index in [0.717, 1.165) is 5.57 Å². The van der Waals surface area contributed by atoms with Crippen LogP contribution in [0.2, 0.25) is 5.15 Å². The zero-order chi connectivity index (χ0) is 26.6. The Kier molecular flexibility index (Phi) is 7.84. The number of nitrogens with one attached hydrogen (secondary N) is 2. The van der Waals surface area contributed by atoms with Crippen molar-refractivity contribution in [3.63, 3.8) is 0 Å². The van der Waals surface area contributed by atoms with Crippen LogP contribution in [-0.2, 0) is 14.8 Å². The summed E-state index contributed by atoms with van der Waals surface area (Å²) < 4.78 is 33.1. The van der Waals surface area contributed by atoms with Gasteiger partial charge >= 0.3 is 6.09 Å². The summed E-state index contributed by atoms with van der Waals surface area (Å²) >= 11 is 6.11. The number of carbonyl (C=O) groups is 1. The highest BCUT2D eigenvalue weighted by atomic mass is 35.5. The molecule has 0 radical (unpaired) electrons. The molecule has 0 saturated carbocycles. The van der Waals surface area contributed by atoms with Crippen molar-refractivity contribution in [2.75, 3.05) is 35.4 Å². The van der Waals surface area contributed by atoms with E-state index in [2.05, 4.69) is 25.0 Å². The molecule has 1 aliphatic rings. The number of para-hydroxylation sites is 1. The van der Waals surface area contributed by atoms with Crippen LogP contribution in [-0.4, -0.2) is 65.4 Å². The summed E-state index contributed by atoms with van der Waals surface area (Å²) in [4.78, 5) is 27.4. The van der Waals surface area contributed by atoms with Crippen LogP contribution in [0, 0.1) is 0 Å². The quantitative estimate of drug-likeness (QED) is 0.415. The molecule has 1 aromatic carbocycles. The first-order valence-corrected chi connectivity index (χ1v) is 13.8. The molecule has 3 aromatic rings. The van der Waals surface area contributed by atoms with Crippen molar-refractivity contribution >= 4 is 55.7 Å². The number of hydrogen-bond donors (Lipinski definition) is 2. The summed E-state index contributed by atoms with van der Waals surface area (Å²) in [5, 5.41) is 4.02. The van der Waals surface area contributed by atoms with E-state index in [1.54, 1.807) is 41.4 Å². The summed E-state index contributed by atoms with van der Waals surface area (Å²) in [6, 6.07) is 10.3. The lowest BCUT2D eigenvalue weighted by molar-refractivity contribution is 0.0270. The first kappa shape index (κ1) is 26.6. The van der Waals surface area contributed by atoms with Gasteiger partial charge in [-0.05, 0) is 51.0 Å². The number of ether oxygens (including phenoxy) is 1. The van der Waals surface area contributed by atoms with Gasteiger partial charge in [0.1, 0.15) is 16.6 Å². The number of amides is 1. The molecular formula is C25H29ClN6O4S. The second-order valence-corrected chi connectivity index (χ2v) is 11.8. The first-order valence-electron chi connectivity index (χ1n) is 11.8. The SMILES string of the molecule is CC(C)(C)OC(=O)N1CC=C(c2nc(NCCS(=O)(=O)Nc3ccccc3)c3cc(Cl)ncc3n2)CC1. The largest absolute Gasteiger partial charge is 0.444 e. The molecule has 2 N–H and O–H groups in total. The molecule has 37 heavy (non-hydrogen) atoms. The third-order valence-corrected chi connectivity index (χ3v) is 6.90. The molecule has 4 rings (SSSR count). The number of pyridine rings is 1. The molecule has 1 aliphatic heterocycles. The summed E-state index contributed by atoms with van der Waals surface area (Å²) in [6.45, 7) is 6.44. The average Bonchev–Trinajstić information content (AvgIpc) is 2.83. The Bertz CT molecular complexity index is 1420. The van der Waals surface area contributed by atoms with Gasteiger partial charge in [-0.3, -0.25) is 4.72 Å². The summed E-state index contributed by atoms with van der Waals surface area (Å²) in [7, 11) is -3.58. The van der Waals surface area contributed by atoms with E-state index < -0.39 is 15.6 Å². The molecule has 12 heteroatoms. The van der Waals surface area contributed by atoms with E-state index in [1.807, 2.05) is 32.9 Å². The van der Waals surface area contributed by atoms with Crippen molar-refractivity contribution < 1.29 is 17.9 Å². The fourth-order valence-electron chi connectivity index (χ4n) is 3.69. The molecule has 0 fully saturated rings. The van der Waals surface area contributed by atoms with Crippen LogP contribution in [0.25, 0.3) is 16.5 Å². The third-order valence-electron chi connectivity index (χ3n) is 5.41. The molecule has 0 aliphatic carbocycles. The monoisotopic (exact) mass is 544 g/mol. The highest BCUT2D eigenvalue weighted by molar-refractivity contribution is 7.92. The van der Waals surface area contributed by atoms with Crippen LogP contribution in [0.15, 0.2) is 48.7 Å². The Morgan fingerprint density at radius 1 is 1.19 bits per heavy atom. The van der Waals surface area contributed by atoms with Crippen LogP contribution in [0.3, 0.4) is 0 Å². The zero-order valence-electron chi connectivity index (χ0n) is 20.9. The second kappa shape index (κ2) is 10.9. The van der Waals surface area contributed by atoms with E-state index in [9.17, 15) is 13.2 Å². The Morgan fingerprint density at radius 2 is 1.95 bits per heavy atom. The Labute approximate surface area is 221 Å². The average molecular weight is 545 g/mol. The van der Waals surface area contributed by atoms with Crippen LogP contribution in [0.5, 0.6) is 0 Å². The van der Waals surface area contributed by atoms with E-state index in [1.165, 1.54) is 0 Å². The molecule has 0 atom stereocenters. The van der Waals surface area contributed by atoms with E-state index in [0.29, 0.717) is 47.7 Å². The highest BCUT2D eigenvalue weighted by Gasteiger charge is 2.25. The summed E-state index contributed by atoms with van der Waals surface area (Å²) in [5.41, 5.74) is 1.37. The number of aromatic nitrogens is 3. The number of anilines is 2. The van der Waals surface area contributed by atoms with Crippen molar-refractivity contribution in [3.8, 4) is 0 Å². The van der Waals surface area contributed by atoms with Crippen LogP contribution < -0.4 is 10.0 Å². The van der Waals surface area contributed by atoms with Gasteiger partial charge in [0, 0.05) is 30.7 Å². The van der Waals surface area contributed by atoms with Gasteiger partial charge in [0.2, 0.25) is 10.0 Å². The molecule has 0 unspecified atom stereocenters. The molecular weight excluding hydrogens is 516 g/mol. The predicted octanol–water partition coefficient (Wildman–Crippen LogP) is 4.56. The Morgan fingerprint density at radius 3 is 2.62 bits per heavy atom. The minimum Gasteiger partial charge on any atom is -0.444 e. The Hall–Kier alpha value is -3.44. The normalized spacial score (nSPS) is 14.3. The minimum atomic E-state index is -3.58. The summed E-state index contributed by atoms with van der Waals surface area (Å²) in [6.07, 6.45) is 3.63. The number of hydrogen-bond acceptors (Lipinski definition) is 8. The van der Waals surface area contributed by atoms with Crippen molar-refractivity contribution in [3.05, 3.63) is 59.6 Å². The number of benzene rings is 1. The van der Waals surface area contributed by atoms with E-state index >= 15 is 0 Å². The van der Waals surface area contributed by atoms with Gasteiger partial charge < -0.3 is 15.0 Å². The summed E-state index contributed by atoms with van der Waals surface area (Å²) in [5.74, 6) is 0.762. The molecule has 2 aromatic heterocycles. The van der Waals surface area contributed by atoms with E-state index in [4.69, 9.17) is 16.3 Å². The van der Waals surface area contributed by atoms with Gasteiger partial charge in [0.25, 0.3) is 0 Å². The van der Waals surface area contributed by atoms with Crippen LogP contribution >= 0.6 is 11.6 Å². The number of rotatable bonds is 7. The van der Waals surface area contributed by atoms with Gasteiger partial charge in [-0.2, -0.15) is 0 Å². The van der Waals surface area contributed by atoms with Gasteiger partial charge in [-0.15, -0.1) is 0 Å². The lowest BCUT2D eigenvalue weighted by atomic mass is 10.1. The predicted molar refractivity (Wildman–Crippen MR) is 145 cm³/mol. The first-order chi connectivity index (χ1) is 17.5. The fourth-order valence-corrected chi connectivity index (χ4v) is 4.82. The molecule has 10 nitrogen and oxygen atoms in total. The minimum absolute atomic E-state index is 0.110. The standard InChI is InChI=1S/C25H29ClN6O4S/c1-25(2,3)36-24(33)32-12-9-17(10-13-32)22-29-20-16-28-21(26)15-19(20)23(30-22)27-11-14-37(34,35)31-18-7-5-4-6-8-18/h4-9,15-16,31H,10-14H2,1-3H3,(H,27,29,30). The number of nitrogens with zero attached hydrogens (tertiary/aromatic N) is 4. The lowest BCUT2D eigenvalue weighted by Crippen LogP contribution is -2.39. The van der Waals surface area contributed by atoms with Crippen molar-refractivity contribution in [2.45, 2.75) is 32.8 Å².